The van der Waals surface area contributed by atoms with Crippen molar-refractivity contribution in [2.75, 3.05) is 18.8 Å². The first kappa shape index (κ1) is 23.8. The third kappa shape index (κ3) is 8.17. The standard InChI is InChI=1S/C19H36N2O3S/c1-8-10-19(7,18(5,6)11-9-14-25)15(22)20-12-13-21-16(23)24-17(2,3)4/h8,10,25H,9,11-14H2,1-7H3,(H,20,22)(H,21,23)/b10-8-. The number of amides is 2. The molecule has 0 radical (unpaired) electrons. The van der Waals surface area contributed by atoms with Gasteiger partial charge < -0.3 is 15.4 Å². The van der Waals surface area contributed by atoms with Gasteiger partial charge in [0.1, 0.15) is 5.60 Å². The fourth-order valence-corrected chi connectivity index (χ4v) is 2.72. The Morgan fingerprint density at radius 2 is 1.60 bits per heavy atom. The van der Waals surface area contributed by atoms with Gasteiger partial charge in [-0.2, -0.15) is 12.6 Å². The summed E-state index contributed by atoms with van der Waals surface area (Å²) >= 11 is 4.28. The molecule has 1 unspecified atom stereocenters. The summed E-state index contributed by atoms with van der Waals surface area (Å²) in [7, 11) is 0. The number of hydrogen-bond acceptors (Lipinski definition) is 4. The van der Waals surface area contributed by atoms with E-state index in [1.807, 2.05) is 46.8 Å². The Kier molecular flexibility index (Phi) is 9.62. The minimum absolute atomic E-state index is 0.0410. The summed E-state index contributed by atoms with van der Waals surface area (Å²) in [6, 6.07) is 0. The van der Waals surface area contributed by atoms with Crippen LogP contribution in [0.5, 0.6) is 0 Å². The van der Waals surface area contributed by atoms with Gasteiger partial charge in [-0.1, -0.05) is 26.0 Å². The number of carbonyl (C=O) groups excluding carboxylic acids is 2. The number of ether oxygens (including phenoxy) is 1. The quantitative estimate of drug-likeness (QED) is 0.326. The highest BCUT2D eigenvalue weighted by molar-refractivity contribution is 7.80. The lowest BCUT2D eigenvalue weighted by Crippen LogP contribution is -2.49. The number of allylic oxidation sites excluding steroid dienone is 1. The first-order chi connectivity index (χ1) is 11.4. The van der Waals surface area contributed by atoms with Crippen LogP contribution >= 0.6 is 12.6 Å². The molecule has 0 fully saturated rings. The SMILES string of the molecule is C/C=C\C(C)(C(=O)NCCNC(=O)OC(C)(C)C)C(C)(C)CCCS. The van der Waals surface area contributed by atoms with E-state index in [9.17, 15) is 9.59 Å². The smallest absolute Gasteiger partial charge is 0.407 e. The van der Waals surface area contributed by atoms with Crippen molar-refractivity contribution in [3.05, 3.63) is 12.2 Å². The molecule has 5 nitrogen and oxygen atoms in total. The highest BCUT2D eigenvalue weighted by atomic mass is 32.1. The lowest BCUT2D eigenvalue weighted by Gasteiger charge is -2.41. The largest absolute Gasteiger partial charge is 0.444 e. The maximum atomic E-state index is 12.8. The zero-order valence-corrected chi connectivity index (χ0v) is 17.8. The number of rotatable bonds is 9. The Bertz CT molecular complexity index is 470. The van der Waals surface area contributed by atoms with E-state index in [0.717, 1.165) is 18.6 Å². The summed E-state index contributed by atoms with van der Waals surface area (Å²) in [5.74, 6) is 0.761. The topological polar surface area (TPSA) is 67.4 Å². The highest BCUT2D eigenvalue weighted by Gasteiger charge is 2.44. The molecule has 0 aliphatic carbocycles. The molecule has 2 N–H and O–H groups in total. The molecule has 6 heteroatoms. The van der Waals surface area contributed by atoms with Gasteiger partial charge in [-0.3, -0.25) is 4.79 Å². The van der Waals surface area contributed by atoms with Crippen molar-refractivity contribution in [1.29, 1.82) is 0 Å². The number of alkyl carbamates (subject to hydrolysis) is 1. The third-order valence-electron chi connectivity index (χ3n) is 4.42. The van der Waals surface area contributed by atoms with Crippen molar-refractivity contribution >= 4 is 24.6 Å². The van der Waals surface area contributed by atoms with E-state index >= 15 is 0 Å². The predicted molar refractivity (Wildman–Crippen MR) is 107 cm³/mol. The first-order valence-electron chi connectivity index (χ1n) is 8.89. The molecule has 0 rings (SSSR count). The summed E-state index contributed by atoms with van der Waals surface area (Å²) in [6.07, 6.45) is 5.26. The third-order valence-corrected chi connectivity index (χ3v) is 4.73. The molecular weight excluding hydrogens is 336 g/mol. The Labute approximate surface area is 158 Å². The zero-order chi connectivity index (χ0) is 19.7. The van der Waals surface area contributed by atoms with Crippen LogP contribution < -0.4 is 10.6 Å². The van der Waals surface area contributed by atoms with Crippen LogP contribution in [-0.2, 0) is 9.53 Å². The average Bonchev–Trinajstić information content (AvgIpc) is 2.47. The molecule has 146 valence electrons. The lowest BCUT2D eigenvalue weighted by atomic mass is 9.63. The molecule has 2 amide bonds. The van der Waals surface area contributed by atoms with E-state index in [0.29, 0.717) is 13.1 Å². The monoisotopic (exact) mass is 372 g/mol. The van der Waals surface area contributed by atoms with E-state index in [2.05, 4.69) is 37.1 Å². The summed E-state index contributed by atoms with van der Waals surface area (Å²) in [6.45, 7) is 14.2. The maximum Gasteiger partial charge on any atom is 0.407 e. The van der Waals surface area contributed by atoms with Gasteiger partial charge in [0.25, 0.3) is 0 Å². The molecule has 0 aliphatic heterocycles. The van der Waals surface area contributed by atoms with Gasteiger partial charge in [0.2, 0.25) is 5.91 Å². The number of thiol groups is 1. The van der Waals surface area contributed by atoms with Crippen molar-refractivity contribution in [2.45, 2.75) is 66.9 Å². The van der Waals surface area contributed by atoms with Crippen LogP contribution in [0.15, 0.2) is 12.2 Å². The average molecular weight is 373 g/mol. The van der Waals surface area contributed by atoms with Crippen molar-refractivity contribution in [1.82, 2.24) is 10.6 Å². The van der Waals surface area contributed by atoms with Crippen LogP contribution in [0.2, 0.25) is 0 Å². The number of carbonyl (C=O) groups is 2. The van der Waals surface area contributed by atoms with Crippen LogP contribution in [-0.4, -0.2) is 36.4 Å². The Morgan fingerprint density at radius 3 is 2.08 bits per heavy atom. The van der Waals surface area contributed by atoms with Gasteiger partial charge >= 0.3 is 6.09 Å². The molecule has 1 atom stereocenters. The summed E-state index contributed by atoms with van der Waals surface area (Å²) < 4.78 is 5.17. The molecule has 0 bridgehead atoms. The van der Waals surface area contributed by atoms with E-state index in [1.165, 1.54) is 0 Å². The molecule has 0 saturated carbocycles. The lowest BCUT2D eigenvalue weighted by molar-refractivity contribution is -0.133. The van der Waals surface area contributed by atoms with Crippen LogP contribution in [0.1, 0.15) is 61.3 Å². The number of hydrogen-bond donors (Lipinski definition) is 3. The Balaban J connectivity index is 4.68. The van der Waals surface area contributed by atoms with E-state index in [-0.39, 0.29) is 11.3 Å². The van der Waals surface area contributed by atoms with Crippen LogP contribution in [0.4, 0.5) is 4.79 Å². The number of nitrogens with one attached hydrogen (secondary N) is 2. The van der Waals surface area contributed by atoms with Crippen LogP contribution in [0.25, 0.3) is 0 Å². The van der Waals surface area contributed by atoms with Gasteiger partial charge in [-0.05, 0) is 58.6 Å². The van der Waals surface area contributed by atoms with Gasteiger partial charge in [-0.15, -0.1) is 0 Å². The second-order valence-electron chi connectivity index (χ2n) is 8.10. The molecule has 25 heavy (non-hydrogen) atoms. The summed E-state index contributed by atoms with van der Waals surface area (Å²) in [5.41, 5.74) is -1.36. The fourth-order valence-electron chi connectivity index (χ4n) is 2.56. The van der Waals surface area contributed by atoms with Gasteiger partial charge in [0.15, 0.2) is 0 Å². The summed E-state index contributed by atoms with van der Waals surface area (Å²) in [5, 5.41) is 5.58. The zero-order valence-electron chi connectivity index (χ0n) is 16.9. The second-order valence-corrected chi connectivity index (χ2v) is 8.55. The van der Waals surface area contributed by atoms with Gasteiger partial charge in [-0.25, -0.2) is 4.79 Å². The van der Waals surface area contributed by atoms with Crippen LogP contribution in [0.3, 0.4) is 0 Å². The van der Waals surface area contributed by atoms with Crippen molar-refractivity contribution in [2.24, 2.45) is 10.8 Å². The Morgan fingerprint density at radius 1 is 1.04 bits per heavy atom. The van der Waals surface area contributed by atoms with E-state index in [1.54, 1.807) is 0 Å². The van der Waals surface area contributed by atoms with Gasteiger partial charge in [0.05, 0.1) is 5.41 Å². The second kappa shape index (κ2) is 10.1. The molecule has 0 saturated heterocycles. The first-order valence-corrected chi connectivity index (χ1v) is 9.53. The van der Waals surface area contributed by atoms with Gasteiger partial charge in [0, 0.05) is 13.1 Å². The van der Waals surface area contributed by atoms with Crippen molar-refractivity contribution in [3.8, 4) is 0 Å². The van der Waals surface area contributed by atoms with Crippen molar-refractivity contribution in [3.63, 3.8) is 0 Å². The Hall–Kier alpha value is -1.17. The van der Waals surface area contributed by atoms with Crippen LogP contribution in [0, 0.1) is 10.8 Å². The molecule has 0 aromatic rings. The molecular formula is C19H36N2O3S. The molecule has 0 heterocycles. The molecule has 0 spiro atoms. The van der Waals surface area contributed by atoms with Crippen molar-refractivity contribution < 1.29 is 14.3 Å². The van der Waals surface area contributed by atoms with E-state index < -0.39 is 17.1 Å². The molecule has 0 aliphatic rings. The minimum Gasteiger partial charge on any atom is -0.444 e. The predicted octanol–water partition coefficient (Wildman–Crippen LogP) is 3.95. The van der Waals surface area contributed by atoms with E-state index in [4.69, 9.17) is 4.74 Å². The molecule has 0 aromatic carbocycles. The fraction of sp³-hybridized carbons (Fsp3) is 0.789. The normalized spacial score (nSPS) is 14.9. The summed E-state index contributed by atoms with van der Waals surface area (Å²) in [4.78, 5) is 24.4. The maximum absolute atomic E-state index is 12.8. The highest BCUT2D eigenvalue weighted by Crippen LogP contribution is 2.44. The minimum atomic E-state index is -0.628. The molecule has 0 aromatic heterocycles.